The van der Waals surface area contributed by atoms with Gasteiger partial charge >= 0.3 is 0 Å². The molecule has 1 fully saturated rings. The molecule has 1 N–H and O–H groups in total. The van der Waals surface area contributed by atoms with Crippen molar-refractivity contribution in [3.8, 4) is 0 Å². The van der Waals surface area contributed by atoms with Gasteiger partial charge in [0.05, 0.1) is 5.69 Å². The first-order valence-electron chi connectivity index (χ1n) is 5.97. The average molecular weight is 240 g/mol. The van der Waals surface area contributed by atoms with Gasteiger partial charge in [0.1, 0.15) is 11.6 Å². The molecule has 0 bridgehead atoms. The van der Waals surface area contributed by atoms with E-state index in [0.717, 1.165) is 25.9 Å². The van der Waals surface area contributed by atoms with Crippen molar-refractivity contribution < 1.29 is 8.78 Å². The minimum Gasteiger partial charge on any atom is -0.380 e. The van der Waals surface area contributed by atoms with Crippen LogP contribution in [-0.4, -0.2) is 31.1 Å². The monoisotopic (exact) mass is 240 g/mol. The third kappa shape index (κ3) is 2.94. The summed E-state index contributed by atoms with van der Waals surface area (Å²) in [6.45, 7) is 3.55. The minimum atomic E-state index is -0.372. The molecule has 0 aromatic heterocycles. The second kappa shape index (κ2) is 5.00. The van der Waals surface area contributed by atoms with Crippen LogP contribution in [0.4, 0.5) is 14.5 Å². The molecule has 0 atom stereocenters. The first kappa shape index (κ1) is 12.3. The summed E-state index contributed by atoms with van der Waals surface area (Å²) in [5.74, 6) is -0.732. The van der Waals surface area contributed by atoms with Crippen molar-refractivity contribution in [3.63, 3.8) is 0 Å². The maximum atomic E-state index is 13.6. The Labute approximate surface area is 101 Å². The lowest BCUT2D eigenvalue weighted by Crippen LogP contribution is -2.36. The molecule has 0 aliphatic carbocycles. The summed E-state index contributed by atoms with van der Waals surface area (Å²) < 4.78 is 27.0. The summed E-state index contributed by atoms with van der Waals surface area (Å²) in [5.41, 5.74) is 0.624. The number of nitrogens with zero attached hydrogens (tertiary/aromatic N) is 1. The maximum absolute atomic E-state index is 13.6. The SMILES string of the molecule is Cc1cc(F)c(NC2CCN(C)CC2)cc1F. The summed E-state index contributed by atoms with van der Waals surface area (Å²) in [7, 11) is 2.07. The highest BCUT2D eigenvalue weighted by Gasteiger charge is 2.18. The van der Waals surface area contributed by atoms with Gasteiger partial charge in [-0.05, 0) is 51.5 Å². The normalized spacial score (nSPS) is 18.4. The molecule has 2 rings (SSSR count). The lowest BCUT2D eigenvalue weighted by molar-refractivity contribution is 0.263. The van der Waals surface area contributed by atoms with Gasteiger partial charge in [0.2, 0.25) is 0 Å². The van der Waals surface area contributed by atoms with Gasteiger partial charge in [0.15, 0.2) is 0 Å². The van der Waals surface area contributed by atoms with Crippen molar-refractivity contribution in [2.24, 2.45) is 0 Å². The van der Waals surface area contributed by atoms with Crippen LogP contribution in [0.3, 0.4) is 0 Å². The zero-order valence-electron chi connectivity index (χ0n) is 10.3. The van der Waals surface area contributed by atoms with Crippen molar-refractivity contribution >= 4 is 5.69 Å². The van der Waals surface area contributed by atoms with E-state index in [1.807, 2.05) is 0 Å². The first-order valence-corrected chi connectivity index (χ1v) is 5.97. The molecule has 0 saturated carbocycles. The molecule has 0 unspecified atom stereocenters. The van der Waals surface area contributed by atoms with Crippen LogP contribution in [0.15, 0.2) is 12.1 Å². The number of hydrogen-bond donors (Lipinski definition) is 1. The second-order valence-electron chi connectivity index (χ2n) is 4.80. The number of likely N-dealkylation sites (tertiary alicyclic amines) is 1. The van der Waals surface area contributed by atoms with Gasteiger partial charge in [-0.15, -0.1) is 0 Å². The molecule has 1 saturated heterocycles. The zero-order valence-corrected chi connectivity index (χ0v) is 10.3. The quantitative estimate of drug-likeness (QED) is 0.855. The molecular weight excluding hydrogens is 222 g/mol. The molecule has 1 aliphatic rings. The van der Waals surface area contributed by atoms with E-state index in [-0.39, 0.29) is 23.4 Å². The van der Waals surface area contributed by atoms with Crippen LogP contribution in [0.25, 0.3) is 0 Å². The van der Waals surface area contributed by atoms with Gasteiger partial charge in [0.25, 0.3) is 0 Å². The van der Waals surface area contributed by atoms with Gasteiger partial charge in [0, 0.05) is 12.1 Å². The molecule has 4 heteroatoms. The van der Waals surface area contributed by atoms with Crippen LogP contribution < -0.4 is 5.32 Å². The van der Waals surface area contributed by atoms with Crippen LogP contribution >= 0.6 is 0 Å². The molecule has 0 amide bonds. The number of rotatable bonds is 2. The van der Waals surface area contributed by atoms with Crippen LogP contribution in [0.2, 0.25) is 0 Å². The molecule has 1 heterocycles. The molecule has 94 valence electrons. The van der Waals surface area contributed by atoms with Gasteiger partial charge in [-0.2, -0.15) is 0 Å². The van der Waals surface area contributed by atoms with Crippen molar-refractivity contribution in [1.29, 1.82) is 0 Å². The Hall–Kier alpha value is -1.16. The Kier molecular flexibility index (Phi) is 3.62. The summed E-state index contributed by atoms with van der Waals surface area (Å²) >= 11 is 0. The lowest BCUT2D eigenvalue weighted by atomic mass is 10.0. The Morgan fingerprint density at radius 2 is 1.82 bits per heavy atom. The van der Waals surface area contributed by atoms with Crippen molar-refractivity contribution in [1.82, 2.24) is 4.90 Å². The van der Waals surface area contributed by atoms with Crippen molar-refractivity contribution in [3.05, 3.63) is 29.3 Å². The minimum absolute atomic E-state index is 0.239. The third-order valence-electron chi connectivity index (χ3n) is 3.33. The molecule has 1 aromatic rings. The standard InChI is InChI=1S/C13H18F2N2/c1-9-7-12(15)13(8-11(9)14)16-10-3-5-17(2)6-4-10/h7-8,10,16H,3-6H2,1-2H3. The Balaban J connectivity index is 2.06. The molecule has 2 nitrogen and oxygen atoms in total. The van der Waals surface area contributed by atoms with Gasteiger partial charge in [-0.1, -0.05) is 0 Å². The topological polar surface area (TPSA) is 15.3 Å². The molecule has 0 spiro atoms. The van der Waals surface area contributed by atoms with Crippen LogP contribution in [-0.2, 0) is 0 Å². The molecule has 1 aliphatic heterocycles. The smallest absolute Gasteiger partial charge is 0.146 e. The fourth-order valence-corrected chi connectivity index (χ4v) is 2.13. The fourth-order valence-electron chi connectivity index (χ4n) is 2.13. The average Bonchev–Trinajstić information content (AvgIpc) is 2.29. The number of hydrogen-bond acceptors (Lipinski definition) is 2. The highest BCUT2D eigenvalue weighted by Crippen LogP contribution is 2.22. The fraction of sp³-hybridized carbons (Fsp3) is 0.538. The van der Waals surface area contributed by atoms with E-state index in [9.17, 15) is 8.78 Å². The van der Waals surface area contributed by atoms with Gasteiger partial charge in [-0.25, -0.2) is 8.78 Å². The van der Waals surface area contributed by atoms with Gasteiger partial charge in [-0.3, -0.25) is 0 Å². The van der Waals surface area contributed by atoms with E-state index in [1.54, 1.807) is 6.92 Å². The Morgan fingerprint density at radius 1 is 1.18 bits per heavy atom. The molecule has 17 heavy (non-hydrogen) atoms. The predicted octanol–water partition coefficient (Wildman–Crippen LogP) is 2.78. The number of aryl methyl sites for hydroxylation is 1. The van der Waals surface area contributed by atoms with E-state index in [1.165, 1.54) is 12.1 Å². The summed E-state index contributed by atoms with van der Waals surface area (Å²) in [6.07, 6.45) is 1.93. The predicted molar refractivity (Wildman–Crippen MR) is 65.2 cm³/mol. The second-order valence-corrected chi connectivity index (χ2v) is 4.80. The highest BCUT2D eigenvalue weighted by molar-refractivity contribution is 5.47. The van der Waals surface area contributed by atoms with E-state index >= 15 is 0 Å². The van der Waals surface area contributed by atoms with Crippen LogP contribution in [0.1, 0.15) is 18.4 Å². The van der Waals surface area contributed by atoms with Crippen LogP contribution in [0.5, 0.6) is 0 Å². The number of piperidine rings is 1. The van der Waals surface area contributed by atoms with Crippen molar-refractivity contribution in [2.75, 3.05) is 25.5 Å². The largest absolute Gasteiger partial charge is 0.380 e. The number of anilines is 1. The number of benzene rings is 1. The summed E-state index contributed by atoms with van der Waals surface area (Å²) in [5, 5.41) is 3.10. The Morgan fingerprint density at radius 3 is 2.47 bits per heavy atom. The summed E-state index contributed by atoms with van der Waals surface area (Å²) in [4.78, 5) is 2.24. The third-order valence-corrected chi connectivity index (χ3v) is 3.33. The summed E-state index contributed by atoms with van der Waals surface area (Å²) in [6, 6.07) is 2.73. The lowest BCUT2D eigenvalue weighted by Gasteiger charge is -2.30. The molecule has 0 radical (unpaired) electrons. The first-order chi connectivity index (χ1) is 8.06. The van der Waals surface area contributed by atoms with E-state index < -0.39 is 0 Å². The van der Waals surface area contributed by atoms with Gasteiger partial charge < -0.3 is 10.2 Å². The number of nitrogens with one attached hydrogen (secondary N) is 1. The Bertz CT molecular complexity index is 399. The highest BCUT2D eigenvalue weighted by atomic mass is 19.1. The maximum Gasteiger partial charge on any atom is 0.146 e. The zero-order chi connectivity index (χ0) is 12.4. The van der Waals surface area contributed by atoms with E-state index in [0.29, 0.717) is 5.56 Å². The van der Waals surface area contributed by atoms with E-state index in [2.05, 4.69) is 17.3 Å². The van der Waals surface area contributed by atoms with E-state index in [4.69, 9.17) is 0 Å². The molecule has 1 aromatic carbocycles. The van der Waals surface area contributed by atoms with Crippen molar-refractivity contribution in [2.45, 2.75) is 25.8 Å². The van der Waals surface area contributed by atoms with Crippen LogP contribution in [0, 0.1) is 18.6 Å². The number of halogens is 2. The molecular formula is C13H18F2N2.